The van der Waals surface area contributed by atoms with Crippen LogP contribution in [-0.4, -0.2) is 31.3 Å². The van der Waals surface area contributed by atoms with E-state index in [4.69, 9.17) is 4.98 Å². The van der Waals surface area contributed by atoms with Crippen molar-refractivity contribution in [1.82, 2.24) is 4.98 Å². The van der Waals surface area contributed by atoms with Crippen molar-refractivity contribution in [2.75, 3.05) is 0 Å². The van der Waals surface area contributed by atoms with Crippen molar-refractivity contribution in [2.24, 2.45) is 46.3 Å². The topological polar surface area (TPSA) is 53.4 Å². The van der Waals surface area contributed by atoms with Crippen LogP contribution in [0.5, 0.6) is 11.5 Å². The molecule has 1 aromatic heterocycles. The molecule has 5 aromatic rings. The molecule has 4 aromatic carbocycles. The second-order valence-corrected chi connectivity index (χ2v) is 38.3. The molecule has 1 heterocycles. The largest absolute Gasteiger partial charge is 2.00 e. The average Bonchev–Trinajstić information content (AvgIpc) is 3.29. The van der Waals surface area contributed by atoms with Gasteiger partial charge in [-0.3, -0.25) is 0 Å². The zero-order chi connectivity index (χ0) is 49.2. The van der Waals surface area contributed by atoms with E-state index in [9.17, 15) is 10.2 Å². The van der Waals surface area contributed by atoms with Gasteiger partial charge < -0.3 is 25.1 Å². The summed E-state index contributed by atoms with van der Waals surface area (Å²) in [5.41, 5.74) is 11.2. The number of hydrogen-bond donors (Lipinski definition) is 2. The van der Waals surface area contributed by atoms with Crippen LogP contribution in [0.3, 0.4) is 0 Å². The quantitative estimate of drug-likeness (QED) is 0.0967. The Morgan fingerprint density at radius 2 is 0.753 bits per heavy atom. The van der Waals surface area contributed by atoms with E-state index < -0.39 is 16.1 Å². The molecule has 13 rings (SSSR count). The minimum Gasteiger partial charge on any atom is -0.507 e. The zero-order valence-electron chi connectivity index (χ0n) is 47.3. The first-order valence-corrected chi connectivity index (χ1v) is 34.4. The normalized spacial score (nSPS) is 27.0. The van der Waals surface area contributed by atoms with Gasteiger partial charge in [0.2, 0.25) is 0 Å². The fourth-order valence-corrected chi connectivity index (χ4v) is 21.9. The molecule has 8 fully saturated rings. The van der Waals surface area contributed by atoms with E-state index >= 15 is 0 Å². The van der Waals surface area contributed by atoms with Gasteiger partial charge in [0.15, 0.2) is 0 Å². The molecule has 0 amide bonds. The summed E-state index contributed by atoms with van der Waals surface area (Å²) in [5.74, 6) is 5.78. The third-order valence-corrected chi connectivity index (χ3v) is 26.4. The number of rotatable bonds is 12. The van der Waals surface area contributed by atoms with E-state index in [1.54, 1.807) is 0 Å². The molecule has 73 heavy (non-hydrogen) atoms. The molecular weight excluding hydrogens is 998 g/mol. The first-order valence-electron chi connectivity index (χ1n) is 28.0. The molecule has 8 aliphatic rings. The van der Waals surface area contributed by atoms with E-state index in [2.05, 4.69) is 159 Å². The van der Waals surface area contributed by atoms with Gasteiger partial charge in [-0.05, 0) is 157 Å². The van der Waals surface area contributed by atoms with Crippen molar-refractivity contribution < 1.29 is 36.4 Å². The smallest absolute Gasteiger partial charge is 0.507 e. The van der Waals surface area contributed by atoms with Crippen LogP contribution in [0.1, 0.15) is 143 Å². The summed E-state index contributed by atoms with van der Waals surface area (Å²) in [4.78, 5) is 5.61. The molecular formula is C67H91NO2Si2Zr. The van der Waals surface area contributed by atoms with Gasteiger partial charge in [0.25, 0.3) is 0 Å². The van der Waals surface area contributed by atoms with Crippen LogP contribution < -0.4 is 10.4 Å². The average molecular weight is 1090 g/mol. The van der Waals surface area contributed by atoms with Gasteiger partial charge in [0, 0.05) is 33.4 Å². The Morgan fingerprint density at radius 3 is 1.05 bits per heavy atom. The molecule has 8 aliphatic carbocycles. The van der Waals surface area contributed by atoms with Gasteiger partial charge in [-0.1, -0.05) is 182 Å². The minimum atomic E-state index is -1.91. The molecule has 0 unspecified atom stereocenters. The summed E-state index contributed by atoms with van der Waals surface area (Å²) in [5, 5.41) is 28.9. The van der Waals surface area contributed by atoms with Crippen molar-refractivity contribution in [1.29, 1.82) is 0 Å². The maximum absolute atomic E-state index is 13.0. The van der Waals surface area contributed by atoms with Gasteiger partial charge >= 0.3 is 26.2 Å². The Balaban J connectivity index is 0.00000237. The molecule has 0 aliphatic heterocycles. The fraction of sp³-hybridized carbons (Fsp3) is 0.537. The number of aromatic nitrogens is 1. The fourth-order valence-electron chi connectivity index (χ4n) is 16.4. The second kappa shape index (κ2) is 20.4. The predicted molar refractivity (Wildman–Crippen MR) is 314 cm³/mol. The Hall–Kier alpha value is -3.05. The number of nitrogens with zero attached hydrogens (tertiary/aromatic N) is 1. The van der Waals surface area contributed by atoms with E-state index in [0.717, 1.165) is 80.3 Å². The zero-order valence-corrected chi connectivity index (χ0v) is 51.7. The van der Waals surface area contributed by atoms with Crippen LogP contribution in [0, 0.1) is 61.2 Å². The van der Waals surface area contributed by atoms with E-state index in [-0.39, 0.29) is 62.7 Å². The molecule has 0 radical (unpaired) electrons. The number of aromatic hydroxyl groups is 2. The van der Waals surface area contributed by atoms with Crippen molar-refractivity contribution in [3.63, 3.8) is 0 Å². The molecule has 2 N–H and O–H groups in total. The Labute approximate surface area is 464 Å². The summed E-state index contributed by atoms with van der Waals surface area (Å²) < 4.78 is 0. The van der Waals surface area contributed by atoms with Crippen LogP contribution in [-0.2, 0) is 37.0 Å². The number of benzene rings is 4. The van der Waals surface area contributed by atoms with Gasteiger partial charge in [0.1, 0.15) is 11.5 Å². The standard InChI is InChI=1S/C65H85NO2Si2.2CH3.Zr/c1-62(2,3)22-24-69(7,8)48-32-54(60(67)56(34-48)64-36-42-26-43(37-64)28-44(27-42)38-64)50-16-11-13-18-52(50)58-20-15-21-59(66-58)53-19-14-12-17-51(53)55-33-49(70(9,10)25-23-63(4,5)6)35-57(61(55)68)65-39-45-29-46(40-65)31-47(30-45)41-65;;;/h11-21,32-35,42-47,67-68H,22-31,36-41H2,1-10H3;2*1H3;/q;2*-1;+2. The van der Waals surface area contributed by atoms with Crippen molar-refractivity contribution in [2.45, 2.75) is 181 Å². The van der Waals surface area contributed by atoms with Crippen molar-refractivity contribution in [3.8, 4) is 56.3 Å². The second-order valence-electron chi connectivity index (χ2n) is 28.6. The molecule has 0 saturated heterocycles. The number of hydrogen-bond acceptors (Lipinski definition) is 3. The van der Waals surface area contributed by atoms with Crippen molar-refractivity contribution in [3.05, 3.63) is 117 Å². The Morgan fingerprint density at radius 1 is 0.452 bits per heavy atom. The molecule has 8 bridgehead atoms. The predicted octanol–water partition coefficient (Wildman–Crippen LogP) is 17.7. The molecule has 8 saturated carbocycles. The Bertz CT molecular complexity index is 2550. The van der Waals surface area contributed by atoms with Gasteiger partial charge in [-0.15, -0.1) is 0 Å². The van der Waals surface area contributed by atoms with Crippen molar-refractivity contribution >= 4 is 26.5 Å². The molecule has 388 valence electrons. The summed E-state index contributed by atoms with van der Waals surface area (Å²) in [6.45, 7) is 24.6. The Kier molecular flexibility index (Phi) is 15.7. The maximum Gasteiger partial charge on any atom is 2.00 e. The summed E-state index contributed by atoms with van der Waals surface area (Å²) >= 11 is 0. The van der Waals surface area contributed by atoms with Gasteiger partial charge in [-0.25, -0.2) is 4.98 Å². The summed E-state index contributed by atoms with van der Waals surface area (Å²) in [6, 6.07) is 36.4. The van der Waals surface area contributed by atoms with Gasteiger partial charge in [-0.2, -0.15) is 0 Å². The minimum absolute atomic E-state index is 0. The maximum atomic E-state index is 13.0. The van der Waals surface area contributed by atoms with Crippen LogP contribution >= 0.6 is 0 Å². The van der Waals surface area contributed by atoms with Gasteiger partial charge in [0.05, 0.1) is 27.5 Å². The van der Waals surface area contributed by atoms with Crippen LogP contribution in [0.25, 0.3) is 44.8 Å². The first kappa shape index (κ1) is 56.2. The number of pyridine rings is 1. The van der Waals surface area contributed by atoms with E-state index in [1.807, 2.05) is 0 Å². The summed E-state index contributed by atoms with van der Waals surface area (Å²) in [6.07, 6.45) is 18.1. The molecule has 0 spiro atoms. The SMILES string of the molecule is CC(C)(C)CC[Si](C)(C)c1cc(-c2ccccc2-c2cccc(-c3ccccc3-c3cc([Si](C)(C)CCC(C)(C)C)cc(C45CC6CC(CC(C6)C4)C5)c3O)n2)c(O)c(C23CC4CC(CC(C4)C2)C3)c1.[CH3-].[CH3-].[Zr+2]. The van der Waals surface area contributed by atoms with E-state index in [0.29, 0.717) is 11.5 Å². The van der Waals surface area contributed by atoms with Crippen LogP contribution in [0.2, 0.25) is 38.3 Å². The number of phenols is 2. The van der Waals surface area contributed by atoms with E-state index in [1.165, 1.54) is 123 Å². The summed E-state index contributed by atoms with van der Waals surface area (Å²) in [7, 11) is -3.83. The van der Waals surface area contributed by atoms with Crippen LogP contribution in [0.15, 0.2) is 91.0 Å². The first-order chi connectivity index (χ1) is 33.1. The molecule has 3 nitrogen and oxygen atoms in total. The third kappa shape index (κ3) is 10.8. The van der Waals surface area contributed by atoms with Crippen LogP contribution in [0.4, 0.5) is 0 Å². The monoisotopic (exact) mass is 1090 g/mol. The number of phenolic OH excluding ortho intramolecular Hbond substituents is 2. The molecule has 0 atom stereocenters. The molecule has 6 heteroatoms. The third-order valence-electron chi connectivity index (χ3n) is 19.7.